The molecule has 2 aromatic carbocycles. The van der Waals surface area contributed by atoms with Gasteiger partial charge in [0.05, 0.1) is 0 Å². The second kappa shape index (κ2) is 6.22. The maximum absolute atomic E-state index is 11.5. The summed E-state index contributed by atoms with van der Waals surface area (Å²) in [5, 5.41) is 0. The van der Waals surface area contributed by atoms with Gasteiger partial charge < -0.3 is 10.6 Å². The Morgan fingerprint density at radius 1 is 1.05 bits per heavy atom. The summed E-state index contributed by atoms with van der Waals surface area (Å²) in [4.78, 5) is 16.0. The van der Waals surface area contributed by atoms with Crippen LogP contribution < -0.4 is 10.6 Å². The van der Waals surface area contributed by atoms with E-state index in [4.69, 9.17) is 5.73 Å². The molecule has 0 saturated carbocycles. The molecule has 0 aromatic heterocycles. The smallest absolute Gasteiger partial charge is 0.240 e. The van der Waals surface area contributed by atoms with Gasteiger partial charge in [-0.2, -0.15) is 0 Å². The number of hydrogen-bond donors (Lipinski definition) is 1. The van der Waals surface area contributed by atoms with E-state index in [-0.39, 0.29) is 11.9 Å². The van der Waals surface area contributed by atoms with Crippen molar-refractivity contribution in [2.45, 2.75) is 28.7 Å². The molecule has 0 unspecified atom stereocenters. The number of carbonyl (C=O) groups is 1. The normalized spacial score (nSPS) is 17.9. The van der Waals surface area contributed by atoms with Crippen LogP contribution in [0.5, 0.6) is 0 Å². The molecule has 0 aliphatic carbocycles. The van der Waals surface area contributed by atoms with Crippen molar-refractivity contribution >= 4 is 23.4 Å². The van der Waals surface area contributed by atoms with Crippen LogP contribution in [0.4, 0.5) is 5.69 Å². The monoisotopic (exact) mass is 298 g/mol. The lowest BCUT2D eigenvalue weighted by Gasteiger charge is -2.24. The fourth-order valence-corrected chi connectivity index (χ4v) is 3.54. The Bertz CT molecular complexity index is 612. The molecule has 0 spiro atoms. The molecule has 3 nitrogen and oxygen atoms in total. The molecule has 3 rings (SSSR count). The van der Waals surface area contributed by atoms with Crippen molar-refractivity contribution in [1.29, 1.82) is 0 Å². The van der Waals surface area contributed by atoms with Crippen LogP contribution in [0.3, 0.4) is 0 Å². The third kappa shape index (κ3) is 3.22. The van der Waals surface area contributed by atoms with Gasteiger partial charge in [-0.25, -0.2) is 0 Å². The topological polar surface area (TPSA) is 46.3 Å². The minimum Gasteiger partial charge on any atom is -0.368 e. The molecule has 4 heteroatoms. The largest absolute Gasteiger partial charge is 0.368 e. The van der Waals surface area contributed by atoms with Crippen molar-refractivity contribution in [1.82, 2.24) is 0 Å². The fraction of sp³-hybridized carbons (Fsp3) is 0.235. The number of nitrogens with zero attached hydrogens (tertiary/aromatic N) is 1. The van der Waals surface area contributed by atoms with Crippen LogP contribution in [0.1, 0.15) is 12.8 Å². The summed E-state index contributed by atoms with van der Waals surface area (Å²) in [5.41, 5.74) is 6.55. The van der Waals surface area contributed by atoms with Crippen molar-refractivity contribution < 1.29 is 4.79 Å². The van der Waals surface area contributed by atoms with Gasteiger partial charge in [-0.15, -0.1) is 0 Å². The molecule has 1 aliphatic heterocycles. The Labute approximate surface area is 129 Å². The number of carbonyl (C=O) groups excluding carboxylic acids is 1. The molecule has 2 N–H and O–H groups in total. The average Bonchev–Trinajstić information content (AvgIpc) is 2.99. The van der Waals surface area contributed by atoms with Gasteiger partial charge in [0.1, 0.15) is 6.04 Å². The number of anilines is 1. The molecule has 1 amide bonds. The van der Waals surface area contributed by atoms with Crippen molar-refractivity contribution in [3.8, 4) is 0 Å². The molecule has 1 saturated heterocycles. The SMILES string of the molecule is NC(=O)[C@H]1CCCN1c1ccc(Sc2ccccc2)cc1. The van der Waals surface area contributed by atoms with E-state index in [0.717, 1.165) is 25.1 Å². The van der Waals surface area contributed by atoms with Gasteiger partial charge in [-0.05, 0) is 49.2 Å². The highest BCUT2D eigenvalue weighted by Crippen LogP contribution is 2.31. The highest BCUT2D eigenvalue weighted by Gasteiger charge is 2.28. The fourth-order valence-electron chi connectivity index (χ4n) is 2.70. The van der Waals surface area contributed by atoms with E-state index in [1.807, 2.05) is 18.2 Å². The summed E-state index contributed by atoms with van der Waals surface area (Å²) < 4.78 is 0. The van der Waals surface area contributed by atoms with Crippen LogP contribution in [-0.4, -0.2) is 18.5 Å². The Morgan fingerprint density at radius 3 is 2.38 bits per heavy atom. The molecule has 1 aliphatic rings. The van der Waals surface area contributed by atoms with Gasteiger partial charge in [-0.1, -0.05) is 30.0 Å². The number of benzene rings is 2. The van der Waals surface area contributed by atoms with E-state index in [0.29, 0.717) is 0 Å². The number of rotatable bonds is 4. The minimum absolute atomic E-state index is 0.155. The number of primary amides is 1. The van der Waals surface area contributed by atoms with Crippen molar-refractivity contribution in [2.75, 3.05) is 11.4 Å². The highest BCUT2D eigenvalue weighted by molar-refractivity contribution is 7.99. The zero-order chi connectivity index (χ0) is 14.7. The van der Waals surface area contributed by atoms with Gasteiger partial charge in [0, 0.05) is 22.0 Å². The number of amides is 1. The standard InChI is InChI=1S/C17H18N2OS/c18-17(20)16-7-4-12-19(16)13-8-10-15(11-9-13)21-14-5-2-1-3-6-14/h1-3,5-6,8-11,16H,4,7,12H2,(H2,18,20)/t16-/m1/s1. The van der Waals surface area contributed by atoms with Crippen LogP contribution >= 0.6 is 11.8 Å². The quantitative estimate of drug-likeness (QED) is 0.942. The maximum atomic E-state index is 11.5. The minimum atomic E-state index is -0.227. The molecule has 0 radical (unpaired) electrons. The zero-order valence-corrected chi connectivity index (χ0v) is 12.6. The third-order valence-corrected chi connectivity index (χ3v) is 4.74. The predicted molar refractivity (Wildman–Crippen MR) is 86.6 cm³/mol. The summed E-state index contributed by atoms with van der Waals surface area (Å²) in [6.07, 6.45) is 1.88. The van der Waals surface area contributed by atoms with Gasteiger partial charge >= 0.3 is 0 Å². The second-order valence-corrected chi connectivity index (χ2v) is 6.31. The summed E-state index contributed by atoms with van der Waals surface area (Å²) in [5.74, 6) is -0.227. The van der Waals surface area contributed by atoms with Crippen molar-refractivity contribution in [3.63, 3.8) is 0 Å². The van der Waals surface area contributed by atoms with Crippen LogP contribution in [0.15, 0.2) is 64.4 Å². The number of hydrogen-bond acceptors (Lipinski definition) is 3. The Balaban J connectivity index is 1.73. The molecule has 1 heterocycles. The van der Waals surface area contributed by atoms with Crippen LogP contribution in [0.25, 0.3) is 0 Å². The molecule has 2 aromatic rings. The molecule has 21 heavy (non-hydrogen) atoms. The molecule has 1 fully saturated rings. The molecular weight excluding hydrogens is 280 g/mol. The van der Waals surface area contributed by atoms with Gasteiger partial charge in [0.15, 0.2) is 0 Å². The van der Waals surface area contributed by atoms with Gasteiger partial charge in [0.2, 0.25) is 5.91 Å². The van der Waals surface area contributed by atoms with E-state index in [1.54, 1.807) is 11.8 Å². The first kappa shape index (κ1) is 14.0. The highest BCUT2D eigenvalue weighted by atomic mass is 32.2. The second-order valence-electron chi connectivity index (χ2n) is 5.16. The Morgan fingerprint density at radius 2 is 1.71 bits per heavy atom. The van der Waals surface area contributed by atoms with Crippen LogP contribution in [-0.2, 0) is 4.79 Å². The predicted octanol–water partition coefficient (Wildman–Crippen LogP) is 3.29. The first-order chi connectivity index (χ1) is 10.2. The molecule has 108 valence electrons. The molecular formula is C17H18N2OS. The summed E-state index contributed by atoms with van der Waals surface area (Å²) in [6, 6.07) is 18.5. The van der Waals surface area contributed by atoms with Gasteiger partial charge in [0.25, 0.3) is 0 Å². The maximum Gasteiger partial charge on any atom is 0.240 e. The van der Waals surface area contributed by atoms with Crippen LogP contribution in [0, 0.1) is 0 Å². The number of nitrogens with two attached hydrogens (primary N) is 1. The lowest BCUT2D eigenvalue weighted by atomic mass is 10.2. The van der Waals surface area contributed by atoms with E-state index < -0.39 is 0 Å². The molecule has 0 bridgehead atoms. The van der Waals surface area contributed by atoms with Crippen LogP contribution in [0.2, 0.25) is 0 Å². The Kier molecular flexibility index (Phi) is 4.15. The first-order valence-corrected chi connectivity index (χ1v) is 7.94. The first-order valence-electron chi connectivity index (χ1n) is 7.13. The summed E-state index contributed by atoms with van der Waals surface area (Å²) in [6.45, 7) is 0.902. The van der Waals surface area contributed by atoms with E-state index >= 15 is 0 Å². The van der Waals surface area contributed by atoms with Crippen molar-refractivity contribution in [2.24, 2.45) is 5.73 Å². The van der Waals surface area contributed by atoms with Crippen molar-refractivity contribution in [3.05, 3.63) is 54.6 Å². The molecule has 1 atom stereocenters. The van der Waals surface area contributed by atoms with Gasteiger partial charge in [-0.3, -0.25) is 4.79 Å². The Hall–Kier alpha value is -1.94. The summed E-state index contributed by atoms with van der Waals surface area (Å²) in [7, 11) is 0. The zero-order valence-electron chi connectivity index (χ0n) is 11.7. The van der Waals surface area contributed by atoms with E-state index in [9.17, 15) is 4.79 Å². The lowest BCUT2D eigenvalue weighted by Crippen LogP contribution is -2.40. The van der Waals surface area contributed by atoms with E-state index in [1.165, 1.54) is 9.79 Å². The lowest BCUT2D eigenvalue weighted by molar-refractivity contribution is -0.119. The van der Waals surface area contributed by atoms with E-state index in [2.05, 4.69) is 41.3 Å². The average molecular weight is 298 g/mol. The third-order valence-electron chi connectivity index (χ3n) is 3.73. The summed E-state index contributed by atoms with van der Waals surface area (Å²) >= 11 is 1.74.